The minimum atomic E-state index is 0.0100. The highest BCUT2D eigenvalue weighted by atomic mass is 35.5. The molecule has 0 saturated heterocycles. The Kier molecular flexibility index (Phi) is 6.47. The summed E-state index contributed by atoms with van der Waals surface area (Å²) in [6.07, 6.45) is 0. The van der Waals surface area contributed by atoms with Crippen molar-refractivity contribution in [1.29, 1.82) is 0 Å². The molecule has 0 heterocycles. The van der Waals surface area contributed by atoms with E-state index in [1.807, 2.05) is 13.1 Å². The number of ether oxygens (including phenoxy) is 2. The number of aryl methyl sites for hydroxylation is 1. The maximum Gasteiger partial charge on any atom is 0.123 e. The van der Waals surface area contributed by atoms with Crippen molar-refractivity contribution >= 4 is 11.6 Å². The van der Waals surface area contributed by atoms with E-state index in [1.54, 1.807) is 14.2 Å². The average molecular weight is 272 g/mol. The first-order valence-electron chi connectivity index (χ1n) is 6.02. The summed E-state index contributed by atoms with van der Waals surface area (Å²) in [6.45, 7) is 4.25. The van der Waals surface area contributed by atoms with Crippen molar-refractivity contribution in [3.8, 4) is 5.75 Å². The van der Waals surface area contributed by atoms with E-state index in [2.05, 4.69) is 24.0 Å². The largest absolute Gasteiger partial charge is 0.496 e. The van der Waals surface area contributed by atoms with Crippen molar-refractivity contribution < 1.29 is 9.47 Å². The van der Waals surface area contributed by atoms with Gasteiger partial charge < -0.3 is 14.4 Å². The minimum Gasteiger partial charge on any atom is -0.496 e. The zero-order valence-corrected chi connectivity index (χ0v) is 12.3. The molecule has 18 heavy (non-hydrogen) atoms. The summed E-state index contributed by atoms with van der Waals surface area (Å²) in [6, 6.07) is 6.21. The molecule has 102 valence electrons. The monoisotopic (exact) mass is 271 g/mol. The molecule has 0 radical (unpaired) electrons. The molecule has 1 rings (SSSR count). The molecule has 1 unspecified atom stereocenters. The molecule has 0 aliphatic heterocycles. The third kappa shape index (κ3) is 4.84. The quantitative estimate of drug-likeness (QED) is 0.712. The van der Waals surface area contributed by atoms with Gasteiger partial charge in [0, 0.05) is 25.8 Å². The zero-order chi connectivity index (χ0) is 13.5. The van der Waals surface area contributed by atoms with Crippen molar-refractivity contribution in [2.24, 2.45) is 0 Å². The molecule has 0 aliphatic rings. The first kappa shape index (κ1) is 15.3. The number of alkyl halides is 1. The second-order valence-corrected chi connectivity index (χ2v) is 5.18. The van der Waals surface area contributed by atoms with Crippen molar-refractivity contribution in [3.63, 3.8) is 0 Å². The fourth-order valence-electron chi connectivity index (χ4n) is 1.96. The molecule has 0 fully saturated rings. The van der Waals surface area contributed by atoms with Crippen LogP contribution in [0, 0.1) is 6.92 Å². The van der Waals surface area contributed by atoms with Gasteiger partial charge in [0.1, 0.15) is 5.75 Å². The molecule has 1 aromatic carbocycles. The Balaban J connectivity index is 2.63. The van der Waals surface area contributed by atoms with Gasteiger partial charge in [-0.05, 0) is 20.0 Å². The molecular formula is C14H22ClNO2. The zero-order valence-electron chi connectivity index (χ0n) is 11.6. The van der Waals surface area contributed by atoms with Gasteiger partial charge in [0.05, 0.1) is 19.1 Å². The average Bonchev–Trinajstić information content (AvgIpc) is 2.29. The van der Waals surface area contributed by atoms with Crippen molar-refractivity contribution in [2.75, 3.05) is 34.4 Å². The Morgan fingerprint density at radius 1 is 1.33 bits per heavy atom. The van der Waals surface area contributed by atoms with Gasteiger partial charge in [-0.3, -0.25) is 0 Å². The van der Waals surface area contributed by atoms with Gasteiger partial charge in [-0.1, -0.05) is 17.7 Å². The molecule has 4 heteroatoms. The van der Waals surface area contributed by atoms with Crippen molar-refractivity contribution in [2.45, 2.75) is 18.8 Å². The van der Waals surface area contributed by atoms with Gasteiger partial charge >= 0.3 is 0 Å². The predicted octanol–water partition coefficient (Wildman–Crippen LogP) is 2.69. The number of hydrogen-bond donors (Lipinski definition) is 0. The number of hydrogen-bond acceptors (Lipinski definition) is 3. The van der Waals surface area contributed by atoms with E-state index in [-0.39, 0.29) is 5.38 Å². The van der Waals surface area contributed by atoms with Crippen LogP contribution in [0.3, 0.4) is 0 Å². The minimum absolute atomic E-state index is 0.0100. The molecule has 0 saturated carbocycles. The summed E-state index contributed by atoms with van der Waals surface area (Å²) in [7, 11) is 5.41. The Labute approximate surface area is 115 Å². The molecule has 0 aliphatic carbocycles. The van der Waals surface area contributed by atoms with Crippen molar-refractivity contribution in [3.05, 3.63) is 29.3 Å². The van der Waals surface area contributed by atoms with E-state index in [4.69, 9.17) is 21.1 Å². The van der Waals surface area contributed by atoms with Gasteiger partial charge in [0.15, 0.2) is 0 Å². The molecule has 0 amide bonds. The van der Waals surface area contributed by atoms with Crippen LogP contribution in [0.25, 0.3) is 0 Å². The lowest BCUT2D eigenvalue weighted by molar-refractivity contribution is 0.181. The molecule has 1 atom stereocenters. The topological polar surface area (TPSA) is 21.7 Å². The van der Waals surface area contributed by atoms with Crippen LogP contribution >= 0.6 is 11.6 Å². The third-order valence-corrected chi connectivity index (χ3v) is 3.00. The highest BCUT2D eigenvalue weighted by Gasteiger charge is 2.11. The Morgan fingerprint density at radius 3 is 2.67 bits per heavy atom. The first-order valence-corrected chi connectivity index (χ1v) is 6.45. The second kappa shape index (κ2) is 7.62. The van der Waals surface area contributed by atoms with Gasteiger partial charge in [0.25, 0.3) is 0 Å². The van der Waals surface area contributed by atoms with Crippen LogP contribution < -0.4 is 4.74 Å². The Hall–Kier alpha value is -0.770. The highest BCUT2D eigenvalue weighted by molar-refractivity contribution is 6.20. The lowest BCUT2D eigenvalue weighted by Crippen LogP contribution is -2.28. The van der Waals surface area contributed by atoms with E-state index in [0.29, 0.717) is 6.61 Å². The fraction of sp³-hybridized carbons (Fsp3) is 0.571. The normalized spacial score (nSPS) is 12.8. The first-order chi connectivity index (χ1) is 8.56. The highest BCUT2D eigenvalue weighted by Crippen LogP contribution is 2.21. The summed E-state index contributed by atoms with van der Waals surface area (Å²) in [4.78, 5) is 2.17. The van der Waals surface area contributed by atoms with Crippen LogP contribution in [-0.2, 0) is 11.3 Å². The van der Waals surface area contributed by atoms with Crippen LogP contribution in [0.1, 0.15) is 11.1 Å². The smallest absolute Gasteiger partial charge is 0.123 e. The summed E-state index contributed by atoms with van der Waals surface area (Å²) in [5, 5.41) is 0.0100. The number of methoxy groups -OCH3 is 2. The summed E-state index contributed by atoms with van der Waals surface area (Å²) >= 11 is 6.15. The van der Waals surface area contributed by atoms with E-state index >= 15 is 0 Å². The number of halogens is 1. The van der Waals surface area contributed by atoms with Crippen LogP contribution in [-0.4, -0.2) is 44.7 Å². The van der Waals surface area contributed by atoms with Crippen molar-refractivity contribution in [1.82, 2.24) is 4.90 Å². The number of benzene rings is 1. The standard InChI is InChI=1S/C14H22ClNO2/c1-11-5-6-14(18-4)12(7-11)8-16(2)9-13(15)10-17-3/h5-7,13H,8-10H2,1-4H3. The predicted molar refractivity (Wildman–Crippen MR) is 75.6 cm³/mol. The van der Waals surface area contributed by atoms with Gasteiger partial charge in [-0.2, -0.15) is 0 Å². The summed E-state index contributed by atoms with van der Waals surface area (Å²) < 4.78 is 10.4. The molecule has 0 N–H and O–H groups in total. The lowest BCUT2D eigenvalue weighted by Gasteiger charge is -2.21. The molecule has 0 bridgehead atoms. The Bertz CT molecular complexity index is 371. The maximum atomic E-state index is 6.15. The van der Waals surface area contributed by atoms with E-state index in [1.165, 1.54) is 11.1 Å². The molecule has 0 spiro atoms. The Morgan fingerprint density at radius 2 is 2.06 bits per heavy atom. The fourth-order valence-corrected chi connectivity index (χ4v) is 2.32. The van der Waals surface area contributed by atoms with E-state index < -0.39 is 0 Å². The number of nitrogens with zero attached hydrogens (tertiary/aromatic N) is 1. The van der Waals surface area contributed by atoms with Gasteiger partial charge in [0.2, 0.25) is 0 Å². The van der Waals surface area contributed by atoms with Crippen LogP contribution in [0.2, 0.25) is 0 Å². The second-order valence-electron chi connectivity index (χ2n) is 4.56. The summed E-state index contributed by atoms with van der Waals surface area (Å²) in [5.41, 5.74) is 2.42. The molecule has 1 aromatic rings. The van der Waals surface area contributed by atoms with E-state index in [9.17, 15) is 0 Å². The summed E-state index contributed by atoms with van der Waals surface area (Å²) in [5.74, 6) is 0.922. The third-order valence-electron chi connectivity index (χ3n) is 2.73. The van der Waals surface area contributed by atoms with Crippen LogP contribution in [0.5, 0.6) is 5.75 Å². The number of rotatable bonds is 7. The van der Waals surface area contributed by atoms with E-state index in [0.717, 1.165) is 18.8 Å². The molecular weight excluding hydrogens is 250 g/mol. The van der Waals surface area contributed by atoms with Crippen LogP contribution in [0.15, 0.2) is 18.2 Å². The molecule has 0 aromatic heterocycles. The molecule has 3 nitrogen and oxygen atoms in total. The van der Waals surface area contributed by atoms with Gasteiger partial charge in [-0.15, -0.1) is 11.6 Å². The SMILES string of the molecule is COCC(Cl)CN(C)Cc1cc(C)ccc1OC. The van der Waals surface area contributed by atoms with Crippen LogP contribution in [0.4, 0.5) is 0 Å². The lowest BCUT2D eigenvalue weighted by atomic mass is 10.1. The maximum absolute atomic E-state index is 6.15. The van der Waals surface area contributed by atoms with Gasteiger partial charge in [-0.25, -0.2) is 0 Å².